The number of rotatable bonds is 2. The molecule has 0 aliphatic heterocycles. The van der Waals surface area contributed by atoms with Crippen molar-refractivity contribution in [3.05, 3.63) is 17.5 Å². The molecule has 1 heterocycles. The van der Waals surface area contributed by atoms with Gasteiger partial charge in [0.1, 0.15) is 17.5 Å². The van der Waals surface area contributed by atoms with Crippen molar-refractivity contribution in [2.24, 2.45) is 11.5 Å². The molecule has 0 fully saturated rings. The van der Waals surface area contributed by atoms with Crippen molar-refractivity contribution >= 4 is 5.91 Å². The van der Waals surface area contributed by atoms with Crippen LogP contribution in [-0.4, -0.2) is 11.1 Å². The van der Waals surface area contributed by atoms with Crippen LogP contribution in [0, 0.1) is 0 Å². The fraction of sp³-hybridized carbons (Fsp3) is 0.200. The Morgan fingerprint density at radius 3 is 2.90 bits per heavy atom. The van der Waals surface area contributed by atoms with Gasteiger partial charge in [0.15, 0.2) is 0 Å². The van der Waals surface area contributed by atoms with Crippen molar-refractivity contribution in [1.82, 2.24) is 5.16 Å². The molecule has 0 unspecified atom stereocenters. The van der Waals surface area contributed by atoms with Crippen LogP contribution in [0.3, 0.4) is 0 Å². The first-order valence-electron chi connectivity index (χ1n) is 2.69. The van der Waals surface area contributed by atoms with Crippen molar-refractivity contribution < 1.29 is 9.32 Å². The van der Waals surface area contributed by atoms with Gasteiger partial charge in [0, 0.05) is 6.54 Å². The number of nitrogens with zero attached hydrogens (tertiary/aromatic N) is 1. The molecule has 0 atom stereocenters. The van der Waals surface area contributed by atoms with Crippen LogP contribution in [0.1, 0.15) is 16.1 Å². The minimum Gasteiger partial charge on any atom is -0.365 e. The lowest BCUT2D eigenvalue weighted by Crippen LogP contribution is -2.13. The second-order valence-corrected chi connectivity index (χ2v) is 1.74. The van der Waals surface area contributed by atoms with Crippen LogP contribution < -0.4 is 11.5 Å². The second-order valence-electron chi connectivity index (χ2n) is 1.74. The summed E-state index contributed by atoms with van der Waals surface area (Å²) in [4.78, 5) is 10.5. The van der Waals surface area contributed by atoms with Gasteiger partial charge in [0.05, 0.1) is 0 Å². The number of hydrogen-bond acceptors (Lipinski definition) is 4. The van der Waals surface area contributed by atoms with E-state index in [1.807, 2.05) is 0 Å². The van der Waals surface area contributed by atoms with Crippen LogP contribution in [0.15, 0.2) is 10.8 Å². The smallest absolute Gasteiger partial charge is 0.253 e. The maximum atomic E-state index is 10.5. The lowest BCUT2D eigenvalue weighted by Gasteiger charge is -1.88. The Balaban J connectivity index is 3.01. The summed E-state index contributed by atoms with van der Waals surface area (Å²) in [6.07, 6.45) is 1.19. The van der Waals surface area contributed by atoms with E-state index in [1.165, 1.54) is 6.26 Å². The Morgan fingerprint density at radius 2 is 2.50 bits per heavy atom. The molecule has 10 heavy (non-hydrogen) atoms. The van der Waals surface area contributed by atoms with Gasteiger partial charge >= 0.3 is 0 Å². The largest absolute Gasteiger partial charge is 0.365 e. The van der Waals surface area contributed by atoms with E-state index < -0.39 is 5.91 Å². The summed E-state index contributed by atoms with van der Waals surface area (Å²) in [6, 6.07) is 0. The number of carbonyl (C=O) groups is 1. The van der Waals surface area contributed by atoms with Gasteiger partial charge in [0.2, 0.25) is 0 Å². The molecule has 54 valence electrons. The van der Waals surface area contributed by atoms with Crippen LogP contribution >= 0.6 is 0 Å². The molecule has 0 aliphatic carbocycles. The molecule has 5 nitrogen and oxygen atoms in total. The summed E-state index contributed by atoms with van der Waals surface area (Å²) in [6.45, 7) is 0.161. The quantitative estimate of drug-likeness (QED) is 0.565. The molecule has 0 bridgehead atoms. The second kappa shape index (κ2) is 2.49. The topological polar surface area (TPSA) is 95.1 Å². The fourth-order valence-corrected chi connectivity index (χ4v) is 0.607. The van der Waals surface area contributed by atoms with Crippen molar-refractivity contribution in [1.29, 1.82) is 0 Å². The molecule has 0 radical (unpaired) electrons. The zero-order chi connectivity index (χ0) is 7.56. The minimum atomic E-state index is -0.568. The Bertz CT molecular complexity index is 243. The minimum absolute atomic E-state index is 0.161. The molecule has 1 aromatic heterocycles. The van der Waals surface area contributed by atoms with Gasteiger partial charge in [-0.05, 0) is 0 Å². The highest BCUT2D eigenvalue weighted by atomic mass is 16.5. The molecule has 4 N–H and O–H groups in total. The van der Waals surface area contributed by atoms with Gasteiger partial charge in [-0.3, -0.25) is 4.79 Å². The maximum Gasteiger partial charge on any atom is 0.253 e. The summed E-state index contributed by atoms with van der Waals surface area (Å²) < 4.78 is 4.47. The van der Waals surface area contributed by atoms with Crippen molar-refractivity contribution in [3.8, 4) is 0 Å². The van der Waals surface area contributed by atoms with Gasteiger partial charge in [-0.15, -0.1) is 0 Å². The van der Waals surface area contributed by atoms with Crippen LogP contribution in [-0.2, 0) is 6.54 Å². The first-order chi connectivity index (χ1) is 4.75. The number of primary amides is 1. The van der Waals surface area contributed by atoms with Crippen molar-refractivity contribution in [2.75, 3.05) is 0 Å². The van der Waals surface area contributed by atoms with Crippen LogP contribution in [0.25, 0.3) is 0 Å². The van der Waals surface area contributed by atoms with E-state index in [2.05, 4.69) is 9.68 Å². The molecule has 0 saturated heterocycles. The predicted octanol–water partition coefficient (Wildman–Crippen LogP) is -0.768. The number of hydrogen-bond donors (Lipinski definition) is 2. The molecular weight excluding hydrogens is 134 g/mol. The molecule has 1 amide bonds. The standard InChI is InChI=1S/C5H7N3O2/c6-1-4-3(5(7)9)2-10-8-4/h2H,1,6H2,(H2,7,9). The molecule has 0 aromatic carbocycles. The van der Waals surface area contributed by atoms with Gasteiger partial charge in [-0.25, -0.2) is 0 Å². The zero-order valence-corrected chi connectivity index (χ0v) is 5.20. The summed E-state index contributed by atoms with van der Waals surface area (Å²) in [7, 11) is 0. The maximum absolute atomic E-state index is 10.5. The molecule has 0 saturated carbocycles. The van der Waals surface area contributed by atoms with Gasteiger partial charge < -0.3 is 16.0 Å². The average molecular weight is 141 g/mol. The molecule has 5 heteroatoms. The van der Waals surface area contributed by atoms with Crippen molar-refractivity contribution in [2.45, 2.75) is 6.54 Å². The molecule has 0 spiro atoms. The number of carbonyl (C=O) groups excluding carboxylic acids is 1. The van der Waals surface area contributed by atoms with Gasteiger partial charge in [-0.2, -0.15) is 0 Å². The van der Waals surface area contributed by atoms with E-state index in [-0.39, 0.29) is 12.1 Å². The molecule has 1 aromatic rings. The van der Waals surface area contributed by atoms with Gasteiger partial charge in [0.25, 0.3) is 5.91 Å². The van der Waals surface area contributed by atoms with Crippen molar-refractivity contribution in [3.63, 3.8) is 0 Å². The Kier molecular flexibility index (Phi) is 1.68. The highest BCUT2D eigenvalue weighted by molar-refractivity contribution is 5.93. The first-order valence-corrected chi connectivity index (χ1v) is 2.69. The Morgan fingerprint density at radius 1 is 1.80 bits per heavy atom. The first kappa shape index (κ1) is 6.76. The lowest BCUT2D eigenvalue weighted by molar-refractivity contribution is 0.0999. The highest BCUT2D eigenvalue weighted by Crippen LogP contribution is 2.03. The third kappa shape index (κ3) is 0.985. The highest BCUT2D eigenvalue weighted by Gasteiger charge is 2.09. The monoisotopic (exact) mass is 141 g/mol. The van der Waals surface area contributed by atoms with E-state index in [9.17, 15) is 4.79 Å². The summed E-state index contributed by atoms with van der Waals surface area (Å²) in [5.41, 5.74) is 10.8. The average Bonchev–Trinajstić information content (AvgIpc) is 2.33. The SMILES string of the molecule is NCc1nocc1C(N)=O. The van der Waals surface area contributed by atoms with E-state index in [0.29, 0.717) is 5.69 Å². The third-order valence-electron chi connectivity index (χ3n) is 1.10. The van der Waals surface area contributed by atoms with Crippen LogP contribution in [0.4, 0.5) is 0 Å². The molecule has 0 aliphatic rings. The number of nitrogens with two attached hydrogens (primary N) is 2. The normalized spacial score (nSPS) is 9.70. The predicted molar refractivity (Wildman–Crippen MR) is 32.9 cm³/mol. The molecular formula is C5H7N3O2. The van der Waals surface area contributed by atoms with Crippen LogP contribution in [0.5, 0.6) is 0 Å². The van der Waals surface area contributed by atoms with Gasteiger partial charge in [-0.1, -0.05) is 5.16 Å². The van der Waals surface area contributed by atoms with E-state index >= 15 is 0 Å². The Labute approximate surface area is 57.0 Å². The summed E-state index contributed by atoms with van der Waals surface area (Å²) in [5, 5.41) is 3.46. The van der Waals surface area contributed by atoms with E-state index in [0.717, 1.165) is 0 Å². The summed E-state index contributed by atoms with van der Waals surface area (Å²) in [5.74, 6) is -0.568. The lowest BCUT2D eigenvalue weighted by atomic mass is 10.2. The number of amides is 1. The van der Waals surface area contributed by atoms with Crippen LogP contribution in [0.2, 0.25) is 0 Å². The van der Waals surface area contributed by atoms with E-state index in [4.69, 9.17) is 11.5 Å². The Hall–Kier alpha value is -1.36. The van der Waals surface area contributed by atoms with E-state index in [1.54, 1.807) is 0 Å². The summed E-state index contributed by atoms with van der Waals surface area (Å²) >= 11 is 0. The zero-order valence-electron chi connectivity index (χ0n) is 5.20. The molecule has 1 rings (SSSR count). The number of aromatic nitrogens is 1. The third-order valence-corrected chi connectivity index (χ3v) is 1.10. The fourth-order valence-electron chi connectivity index (χ4n) is 0.607.